The molecule has 40 heavy (non-hydrogen) atoms. The number of imide groups is 1. The average Bonchev–Trinajstić information content (AvgIpc) is 3.51. The van der Waals surface area contributed by atoms with E-state index in [2.05, 4.69) is 56.3 Å². The number of aromatic amines is 1. The molecule has 2 aliphatic heterocycles. The van der Waals surface area contributed by atoms with Crippen molar-refractivity contribution in [2.75, 3.05) is 45.1 Å². The monoisotopic (exact) mass is 546 g/mol. The zero-order valence-corrected chi connectivity index (χ0v) is 22.6. The van der Waals surface area contributed by atoms with Gasteiger partial charge in [-0.15, -0.1) is 0 Å². The fourth-order valence-electron chi connectivity index (χ4n) is 4.83. The lowest BCUT2D eigenvalue weighted by molar-refractivity contribution is -0.138. The van der Waals surface area contributed by atoms with Crippen LogP contribution in [0.4, 0.5) is 5.82 Å². The van der Waals surface area contributed by atoms with Crippen LogP contribution in [0.25, 0.3) is 11.0 Å². The van der Waals surface area contributed by atoms with E-state index < -0.39 is 0 Å². The van der Waals surface area contributed by atoms with Gasteiger partial charge in [0.1, 0.15) is 11.0 Å². The van der Waals surface area contributed by atoms with E-state index in [0.717, 1.165) is 48.6 Å². The Morgan fingerprint density at radius 1 is 1.02 bits per heavy atom. The summed E-state index contributed by atoms with van der Waals surface area (Å²) in [5.41, 5.74) is 10.5. The number of carbonyl (C=O) groups is 3. The second-order valence-electron chi connectivity index (χ2n) is 10.0. The van der Waals surface area contributed by atoms with Crippen LogP contribution in [-0.2, 0) is 27.3 Å². The molecule has 12 nitrogen and oxygen atoms in total. The largest absolute Gasteiger partial charge is 0.463 e. The normalized spacial score (nSPS) is 15.9. The summed E-state index contributed by atoms with van der Waals surface area (Å²) in [7, 11) is 0. The number of hydrogen-bond acceptors (Lipinski definition) is 9. The van der Waals surface area contributed by atoms with Gasteiger partial charge in [-0.3, -0.25) is 29.3 Å². The molecule has 210 valence electrons. The number of nitrogens with zero attached hydrogens (tertiary/aromatic N) is 6. The molecule has 0 atom stereocenters. The maximum Gasteiger partial charge on any atom is 0.319 e. The summed E-state index contributed by atoms with van der Waals surface area (Å²) < 4.78 is 5.66. The molecule has 0 bridgehead atoms. The Labute approximate surface area is 232 Å². The van der Waals surface area contributed by atoms with E-state index in [1.165, 1.54) is 17.7 Å². The molecular formula is C28H34N8O4. The number of rotatable bonds is 11. The number of aromatic nitrogens is 4. The molecule has 2 aromatic heterocycles. The second kappa shape index (κ2) is 12.2. The first-order valence-corrected chi connectivity index (χ1v) is 13.7. The Morgan fingerprint density at radius 3 is 2.42 bits per heavy atom. The van der Waals surface area contributed by atoms with Crippen LogP contribution < -0.4 is 10.5 Å². The van der Waals surface area contributed by atoms with Gasteiger partial charge in [0.05, 0.1) is 12.3 Å². The minimum Gasteiger partial charge on any atom is -0.463 e. The number of unbranched alkanes of at least 4 members (excludes halogenated alkanes) is 1. The Bertz CT molecular complexity index is 1390. The van der Waals surface area contributed by atoms with Crippen LogP contribution in [0.5, 0.6) is 6.01 Å². The van der Waals surface area contributed by atoms with Crippen LogP contribution in [0.15, 0.2) is 36.4 Å². The third kappa shape index (κ3) is 6.28. The highest BCUT2D eigenvalue weighted by molar-refractivity contribution is 6.13. The Balaban J connectivity index is 1.11. The number of nitrogen functional groups attached to an aromatic ring is 1. The first kappa shape index (κ1) is 27.3. The van der Waals surface area contributed by atoms with Crippen LogP contribution in [0.2, 0.25) is 0 Å². The Morgan fingerprint density at radius 2 is 1.73 bits per heavy atom. The van der Waals surface area contributed by atoms with Crippen LogP contribution in [0, 0.1) is 0 Å². The number of fused-ring (bicyclic) bond motifs is 1. The molecule has 2 aliphatic rings. The number of anilines is 1. The topological polar surface area (TPSA) is 151 Å². The predicted octanol–water partition coefficient (Wildman–Crippen LogP) is 1.66. The Hall–Kier alpha value is -4.32. The maximum atomic E-state index is 12.6. The number of benzene rings is 1. The van der Waals surface area contributed by atoms with Crippen molar-refractivity contribution in [1.82, 2.24) is 34.9 Å². The predicted molar refractivity (Wildman–Crippen MR) is 148 cm³/mol. The number of amides is 3. The van der Waals surface area contributed by atoms with Gasteiger partial charge in [0.15, 0.2) is 5.82 Å². The van der Waals surface area contributed by atoms with Gasteiger partial charge >= 0.3 is 6.01 Å². The van der Waals surface area contributed by atoms with Crippen molar-refractivity contribution in [3.63, 3.8) is 0 Å². The second-order valence-corrected chi connectivity index (χ2v) is 10.0. The van der Waals surface area contributed by atoms with Gasteiger partial charge in [0, 0.05) is 64.3 Å². The average molecular weight is 547 g/mol. The molecule has 0 aliphatic carbocycles. The van der Waals surface area contributed by atoms with E-state index in [4.69, 9.17) is 10.5 Å². The van der Waals surface area contributed by atoms with Gasteiger partial charge in [-0.1, -0.05) is 37.6 Å². The van der Waals surface area contributed by atoms with Gasteiger partial charge in [-0.2, -0.15) is 15.1 Å². The number of carbonyl (C=O) groups excluding carboxylic acids is 3. The van der Waals surface area contributed by atoms with E-state index >= 15 is 0 Å². The summed E-state index contributed by atoms with van der Waals surface area (Å²) in [4.78, 5) is 49.9. The summed E-state index contributed by atoms with van der Waals surface area (Å²) in [6.45, 7) is 6.33. The van der Waals surface area contributed by atoms with Gasteiger partial charge in [-0.05, 0) is 17.5 Å². The molecule has 0 radical (unpaired) electrons. The highest BCUT2D eigenvalue weighted by Crippen LogP contribution is 2.23. The lowest BCUT2D eigenvalue weighted by atomic mass is 10.1. The molecule has 1 saturated heterocycles. The molecule has 3 amide bonds. The third-order valence-corrected chi connectivity index (χ3v) is 7.20. The summed E-state index contributed by atoms with van der Waals surface area (Å²) in [6.07, 6.45) is 5.16. The summed E-state index contributed by atoms with van der Waals surface area (Å²) in [5.74, 6) is -0.423. The first-order chi connectivity index (χ1) is 19.4. The molecule has 4 heterocycles. The van der Waals surface area contributed by atoms with Crippen LogP contribution in [0.1, 0.15) is 43.0 Å². The summed E-state index contributed by atoms with van der Waals surface area (Å²) in [5, 5.41) is 7.38. The number of ether oxygens (including phenoxy) is 1. The zero-order chi connectivity index (χ0) is 28.1. The van der Waals surface area contributed by atoms with E-state index in [9.17, 15) is 14.4 Å². The van der Waals surface area contributed by atoms with Crippen molar-refractivity contribution in [3.8, 4) is 6.01 Å². The minimum atomic E-state index is -0.355. The van der Waals surface area contributed by atoms with Crippen molar-refractivity contribution in [1.29, 1.82) is 0 Å². The molecule has 0 unspecified atom stereocenters. The van der Waals surface area contributed by atoms with Crippen molar-refractivity contribution in [2.45, 2.75) is 39.2 Å². The van der Waals surface area contributed by atoms with E-state index in [1.807, 2.05) is 4.90 Å². The van der Waals surface area contributed by atoms with Gasteiger partial charge in [0.2, 0.25) is 5.91 Å². The molecule has 3 aromatic rings. The molecule has 1 aromatic carbocycles. The lowest BCUT2D eigenvalue weighted by Crippen LogP contribution is -2.49. The van der Waals surface area contributed by atoms with E-state index in [-0.39, 0.29) is 36.7 Å². The van der Waals surface area contributed by atoms with Gasteiger partial charge < -0.3 is 15.4 Å². The highest BCUT2D eigenvalue weighted by atomic mass is 16.5. The standard InChI is InChI=1S/C28H34N8O4/c1-2-3-16-40-28-30-25-21(32-33-26(25)27(29)31-28)17-19-4-6-20(7-5-19)18-34-12-14-35(15-13-34)22(37)10-11-36-23(38)8-9-24(36)39/h4-9H,2-3,10-18H2,1H3,(H,32,33)(H2,29,30,31). The SMILES string of the molecule is CCCCOc1nc(N)c2[nH]nc(Cc3ccc(CN4CCN(C(=O)CCN5C(=O)C=CC5=O)CC4)cc3)c2n1. The summed E-state index contributed by atoms with van der Waals surface area (Å²) in [6, 6.07) is 8.68. The van der Waals surface area contributed by atoms with Crippen LogP contribution in [-0.4, -0.2) is 91.9 Å². The van der Waals surface area contributed by atoms with Crippen molar-refractivity contribution < 1.29 is 19.1 Å². The molecule has 0 saturated carbocycles. The summed E-state index contributed by atoms with van der Waals surface area (Å²) >= 11 is 0. The number of nitrogens with two attached hydrogens (primary N) is 1. The Kier molecular flexibility index (Phi) is 8.34. The fourth-order valence-corrected chi connectivity index (χ4v) is 4.83. The number of nitrogens with one attached hydrogen (secondary N) is 1. The van der Waals surface area contributed by atoms with E-state index in [0.29, 0.717) is 43.0 Å². The molecule has 3 N–H and O–H groups in total. The quantitative estimate of drug-likeness (QED) is 0.270. The van der Waals surface area contributed by atoms with Crippen LogP contribution >= 0.6 is 0 Å². The van der Waals surface area contributed by atoms with Crippen molar-refractivity contribution in [3.05, 3.63) is 53.2 Å². The van der Waals surface area contributed by atoms with Crippen LogP contribution in [0.3, 0.4) is 0 Å². The third-order valence-electron chi connectivity index (χ3n) is 7.20. The number of H-pyrrole nitrogens is 1. The zero-order valence-electron chi connectivity index (χ0n) is 22.6. The maximum absolute atomic E-state index is 12.6. The smallest absolute Gasteiger partial charge is 0.319 e. The molecule has 0 spiro atoms. The minimum absolute atomic E-state index is 0.0333. The highest BCUT2D eigenvalue weighted by Gasteiger charge is 2.26. The van der Waals surface area contributed by atoms with Gasteiger partial charge in [0.25, 0.3) is 11.8 Å². The molecule has 1 fully saturated rings. The fraction of sp³-hybridized carbons (Fsp3) is 0.429. The van der Waals surface area contributed by atoms with Crippen molar-refractivity contribution >= 4 is 34.6 Å². The van der Waals surface area contributed by atoms with Gasteiger partial charge in [-0.25, -0.2) is 0 Å². The number of hydrogen-bond donors (Lipinski definition) is 2. The number of piperazine rings is 1. The lowest BCUT2D eigenvalue weighted by Gasteiger charge is -2.35. The molecule has 5 rings (SSSR count). The first-order valence-electron chi connectivity index (χ1n) is 13.7. The van der Waals surface area contributed by atoms with Crippen molar-refractivity contribution in [2.24, 2.45) is 0 Å². The molecular weight excluding hydrogens is 512 g/mol. The van der Waals surface area contributed by atoms with E-state index in [1.54, 1.807) is 0 Å². The molecule has 12 heteroatoms.